The summed E-state index contributed by atoms with van der Waals surface area (Å²) in [6.07, 6.45) is 0.576. The Balaban J connectivity index is 2.39. The lowest BCUT2D eigenvalue weighted by Crippen LogP contribution is -1.92. The van der Waals surface area contributed by atoms with Gasteiger partial charge in [-0.1, -0.05) is 29.2 Å². The van der Waals surface area contributed by atoms with Gasteiger partial charge in [0.2, 0.25) is 0 Å². The third-order valence-corrected chi connectivity index (χ3v) is 3.70. The molecule has 0 aliphatic rings. The molecule has 6 nitrogen and oxygen atoms in total. The molecule has 2 rings (SSSR count). The van der Waals surface area contributed by atoms with E-state index in [2.05, 4.69) is 10.2 Å². The van der Waals surface area contributed by atoms with Crippen LogP contribution in [0.2, 0.25) is 0 Å². The van der Waals surface area contributed by atoms with E-state index in [1.165, 1.54) is 29.5 Å². The Hall–Kier alpha value is -1.80. The number of benzene rings is 1. The van der Waals surface area contributed by atoms with Crippen LogP contribution in [0.1, 0.15) is 10.4 Å². The zero-order valence-corrected chi connectivity index (χ0v) is 9.90. The van der Waals surface area contributed by atoms with Crippen molar-refractivity contribution in [3.8, 4) is 0 Å². The van der Waals surface area contributed by atoms with Gasteiger partial charge in [0.05, 0.1) is 9.82 Å². The van der Waals surface area contributed by atoms with Gasteiger partial charge in [0.25, 0.3) is 5.69 Å². The van der Waals surface area contributed by atoms with Gasteiger partial charge in [-0.15, -0.1) is 10.2 Å². The minimum Gasteiger partial charge on any atom is -0.298 e. The van der Waals surface area contributed by atoms with E-state index in [1.54, 1.807) is 5.51 Å². The first-order valence-corrected chi connectivity index (χ1v) is 6.08. The van der Waals surface area contributed by atoms with E-state index in [-0.39, 0.29) is 11.3 Å². The third-order valence-electron chi connectivity index (χ3n) is 1.85. The van der Waals surface area contributed by atoms with Crippen molar-refractivity contribution in [3.05, 3.63) is 39.4 Å². The molecule has 1 aromatic heterocycles. The van der Waals surface area contributed by atoms with Gasteiger partial charge in [-0.3, -0.25) is 14.9 Å². The molecule has 1 aromatic carbocycles. The Labute approximate surface area is 104 Å². The SMILES string of the molecule is O=Cc1ccc(Sc2nncs2)c([N+](=O)[O-])c1. The Morgan fingerprint density at radius 1 is 1.47 bits per heavy atom. The highest BCUT2D eigenvalue weighted by molar-refractivity contribution is 8.01. The first kappa shape index (κ1) is 11.7. The van der Waals surface area contributed by atoms with Crippen molar-refractivity contribution in [2.24, 2.45) is 0 Å². The lowest BCUT2D eigenvalue weighted by molar-refractivity contribution is -0.387. The molecular weight excluding hydrogens is 262 g/mol. The summed E-state index contributed by atoms with van der Waals surface area (Å²) in [5.41, 5.74) is 1.72. The van der Waals surface area contributed by atoms with Crippen LogP contribution in [0, 0.1) is 10.1 Å². The lowest BCUT2D eigenvalue weighted by atomic mass is 10.2. The summed E-state index contributed by atoms with van der Waals surface area (Å²) in [6.45, 7) is 0. The average molecular weight is 267 g/mol. The standard InChI is InChI=1S/C9H5N3O3S2/c13-4-6-1-2-8(7(3-6)12(14)15)17-9-11-10-5-16-9/h1-5H. The van der Waals surface area contributed by atoms with Crippen LogP contribution in [0.15, 0.2) is 32.9 Å². The van der Waals surface area contributed by atoms with Crippen molar-refractivity contribution in [2.75, 3.05) is 0 Å². The third kappa shape index (κ3) is 2.66. The molecule has 0 saturated carbocycles. The number of carbonyl (C=O) groups excluding carboxylic acids is 1. The lowest BCUT2D eigenvalue weighted by Gasteiger charge is -2.00. The topological polar surface area (TPSA) is 86.0 Å². The number of nitrogens with zero attached hydrogens (tertiary/aromatic N) is 3. The predicted octanol–water partition coefficient (Wildman–Crippen LogP) is 2.41. The molecule has 8 heteroatoms. The van der Waals surface area contributed by atoms with Crippen molar-refractivity contribution in [1.82, 2.24) is 10.2 Å². The summed E-state index contributed by atoms with van der Waals surface area (Å²) in [7, 11) is 0. The average Bonchev–Trinajstić information content (AvgIpc) is 2.82. The molecular formula is C9H5N3O3S2. The first-order chi connectivity index (χ1) is 8.20. The van der Waals surface area contributed by atoms with Gasteiger partial charge < -0.3 is 0 Å². The number of rotatable bonds is 4. The van der Waals surface area contributed by atoms with Gasteiger partial charge in [0.1, 0.15) is 11.8 Å². The van der Waals surface area contributed by atoms with Crippen LogP contribution in [0.4, 0.5) is 5.69 Å². The Bertz CT molecular complexity index is 557. The van der Waals surface area contributed by atoms with Crippen molar-refractivity contribution in [3.63, 3.8) is 0 Å². The zero-order chi connectivity index (χ0) is 12.3. The summed E-state index contributed by atoms with van der Waals surface area (Å²) >= 11 is 2.45. The Morgan fingerprint density at radius 2 is 2.29 bits per heavy atom. The quantitative estimate of drug-likeness (QED) is 0.480. The van der Waals surface area contributed by atoms with E-state index >= 15 is 0 Å². The fourth-order valence-corrected chi connectivity index (χ4v) is 2.66. The number of hydrogen-bond acceptors (Lipinski definition) is 7. The summed E-state index contributed by atoms with van der Waals surface area (Å²) in [5.74, 6) is 0. The normalized spacial score (nSPS) is 10.1. The van der Waals surface area contributed by atoms with Gasteiger partial charge in [0.15, 0.2) is 4.34 Å². The molecule has 0 saturated heterocycles. The van der Waals surface area contributed by atoms with Gasteiger partial charge in [-0.25, -0.2) is 0 Å². The summed E-state index contributed by atoms with van der Waals surface area (Å²) in [6, 6.07) is 4.31. The molecule has 0 fully saturated rings. The van der Waals surface area contributed by atoms with Crippen LogP contribution >= 0.6 is 23.1 Å². The van der Waals surface area contributed by atoms with Gasteiger partial charge in [-0.05, 0) is 6.07 Å². The van der Waals surface area contributed by atoms with Crippen LogP contribution in [-0.2, 0) is 0 Å². The second-order valence-electron chi connectivity index (χ2n) is 2.91. The molecule has 0 aliphatic carbocycles. The molecule has 0 aliphatic heterocycles. The Kier molecular flexibility index (Phi) is 3.45. The van der Waals surface area contributed by atoms with Crippen molar-refractivity contribution < 1.29 is 9.72 Å². The van der Waals surface area contributed by atoms with E-state index in [4.69, 9.17) is 0 Å². The molecule has 1 heterocycles. The second-order valence-corrected chi connectivity index (χ2v) is 5.03. The highest BCUT2D eigenvalue weighted by Gasteiger charge is 2.16. The number of nitro groups is 1. The largest absolute Gasteiger partial charge is 0.298 e. The van der Waals surface area contributed by atoms with E-state index < -0.39 is 4.92 Å². The molecule has 0 bridgehead atoms. The zero-order valence-electron chi connectivity index (χ0n) is 8.27. The minimum absolute atomic E-state index is 0.102. The maximum Gasteiger partial charge on any atom is 0.284 e. The van der Waals surface area contributed by atoms with E-state index in [1.807, 2.05) is 0 Å². The van der Waals surface area contributed by atoms with Crippen molar-refractivity contribution >= 4 is 35.1 Å². The smallest absolute Gasteiger partial charge is 0.284 e. The van der Waals surface area contributed by atoms with E-state index in [9.17, 15) is 14.9 Å². The van der Waals surface area contributed by atoms with Crippen molar-refractivity contribution in [2.45, 2.75) is 9.24 Å². The number of aromatic nitrogens is 2. The number of carbonyl (C=O) groups is 1. The minimum atomic E-state index is -0.517. The van der Waals surface area contributed by atoms with Gasteiger partial charge in [0, 0.05) is 11.6 Å². The van der Waals surface area contributed by atoms with Crippen LogP contribution in [0.3, 0.4) is 0 Å². The molecule has 86 valence electrons. The van der Waals surface area contributed by atoms with Gasteiger partial charge in [-0.2, -0.15) is 0 Å². The number of aldehydes is 1. The molecule has 0 atom stereocenters. The molecule has 0 unspecified atom stereocenters. The monoisotopic (exact) mass is 267 g/mol. The maximum absolute atomic E-state index is 10.9. The summed E-state index contributed by atoms with van der Waals surface area (Å²) < 4.78 is 0.618. The molecule has 0 radical (unpaired) electrons. The highest BCUT2D eigenvalue weighted by Crippen LogP contribution is 2.35. The summed E-state index contributed by atoms with van der Waals surface area (Å²) in [4.78, 5) is 21.3. The first-order valence-electron chi connectivity index (χ1n) is 4.38. The number of hydrogen-bond donors (Lipinski definition) is 0. The molecule has 0 amide bonds. The second kappa shape index (κ2) is 5.02. The maximum atomic E-state index is 10.9. The number of nitro benzene ring substituents is 1. The van der Waals surface area contributed by atoms with Crippen LogP contribution in [0.5, 0.6) is 0 Å². The molecule has 0 spiro atoms. The fraction of sp³-hybridized carbons (Fsp3) is 0. The Morgan fingerprint density at radius 3 is 2.88 bits per heavy atom. The highest BCUT2D eigenvalue weighted by atomic mass is 32.2. The summed E-state index contributed by atoms with van der Waals surface area (Å²) in [5, 5.41) is 18.3. The molecule has 0 N–H and O–H groups in total. The predicted molar refractivity (Wildman–Crippen MR) is 62.5 cm³/mol. The molecule has 17 heavy (non-hydrogen) atoms. The van der Waals surface area contributed by atoms with Crippen LogP contribution < -0.4 is 0 Å². The van der Waals surface area contributed by atoms with Crippen molar-refractivity contribution in [1.29, 1.82) is 0 Å². The van der Waals surface area contributed by atoms with Crippen LogP contribution in [0.25, 0.3) is 0 Å². The van der Waals surface area contributed by atoms with E-state index in [0.29, 0.717) is 15.5 Å². The van der Waals surface area contributed by atoms with Gasteiger partial charge >= 0.3 is 0 Å². The van der Waals surface area contributed by atoms with E-state index in [0.717, 1.165) is 11.8 Å². The van der Waals surface area contributed by atoms with Crippen LogP contribution in [-0.4, -0.2) is 21.4 Å². The fourth-order valence-electron chi connectivity index (χ4n) is 1.14. The molecule has 2 aromatic rings.